The first-order chi connectivity index (χ1) is 9.74. The van der Waals surface area contributed by atoms with Crippen LogP contribution in [-0.2, 0) is 10.2 Å². The molecule has 10 heteroatoms. The zero-order valence-electron chi connectivity index (χ0n) is 11.9. The summed E-state index contributed by atoms with van der Waals surface area (Å²) in [5.74, 6) is -0.0722. The Bertz CT molecular complexity index is 404. The minimum absolute atomic E-state index is 0.221. The standard InChI is InChI=1S/C11H22F3N3O2S2/c1-2-15-8-10-4-3-6-17(9-10)21(18,19)16-5-7-20-11(12,13)14/h10,15-16H,2-9H2,1H3. The molecule has 0 aromatic heterocycles. The normalized spacial score (nSPS) is 21.6. The van der Waals surface area contributed by atoms with Crippen LogP contribution in [-0.4, -0.2) is 56.7 Å². The highest BCUT2D eigenvalue weighted by Crippen LogP contribution is 2.29. The first-order valence-corrected chi connectivity index (χ1v) is 9.33. The molecular formula is C11H22F3N3O2S2. The summed E-state index contributed by atoms with van der Waals surface area (Å²) >= 11 is -0.223. The molecule has 0 spiro atoms. The summed E-state index contributed by atoms with van der Waals surface area (Å²) in [6, 6.07) is 0. The number of thioether (sulfide) groups is 1. The van der Waals surface area contributed by atoms with Crippen molar-refractivity contribution in [3.8, 4) is 0 Å². The van der Waals surface area contributed by atoms with Gasteiger partial charge in [0.1, 0.15) is 0 Å². The van der Waals surface area contributed by atoms with Gasteiger partial charge in [0.05, 0.1) is 0 Å². The van der Waals surface area contributed by atoms with E-state index in [2.05, 4.69) is 10.0 Å². The molecule has 0 aliphatic carbocycles. The first kappa shape index (κ1) is 19.0. The second-order valence-electron chi connectivity index (χ2n) is 4.87. The molecule has 0 radical (unpaired) electrons. The molecule has 1 unspecified atom stereocenters. The summed E-state index contributed by atoms with van der Waals surface area (Å²) in [7, 11) is -3.68. The molecule has 0 aromatic rings. The topological polar surface area (TPSA) is 61.4 Å². The minimum Gasteiger partial charge on any atom is -0.317 e. The van der Waals surface area contributed by atoms with Crippen molar-refractivity contribution >= 4 is 22.0 Å². The third-order valence-corrected chi connectivity index (χ3v) is 5.47. The van der Waals surface area contributed by atoms with E-state index in [1.165, 1.54) is 4.31 Å². The molecular weight excluding hydrogens is 327 g/mol. The Kier molecular flexibility index (Phi) is 7.75. The molecule has 0 bridgehead atoms. The lowest BCUT2D eigenvalue weighted by Crippen LogP contribution is -2.48. The van der Waals surface area contributed by atoms with Crippen LogP contribution < -0.4 is 10.0 Å². The van der Waals surface area contributed by atoms with E-state index in [0.717, 1.165) is 25.9 Å². The molecule has 1 aliphatic rings. The highest BCUT2D eigenvalue weighted by molar-refractivity contribution is 8.00. The Labute approximate surface area is 128 Å². The lowest BCUT2D eigenvalue weighted by molar-refractivity contribution is -0.0327. The molecule has 0 aromatic carbocycles. The van der Waals surface area contributed by atoms with Gasteiger partial charge in [0.2, 0.25) is 0 Å². The smallest absolute Gasteiger partial charge is 0.317 e. The van der Waals surface area contributed by atoms with E-state index in [1.807, 2.05) is 6.92 Å². The maximum atomic E-state index is 12.0. The van der Waals surface area contributed by atoms with Gasteiger partial charge in [-0.05, 0) is 43.6 Å². The van der Waals surface area contributed by atoms with Gasteiger partial charge >= 0.3 is 5.51 Å². The predicted molar refractivity (Wildman–Crippen MR) is 78.3 cm³/mol. The molecule has 21 heavy (non-hydrogen) atoms. The molecule has 1 aliphatic heterocycles. The zero-order chi connectivity index (χ0) is 15.9. The third kappa shape index (κ3) is 7.68. The first-order valence-electron chi connectivity index (χ1n) is 6.90. The fraction of sp³-hybridized carbons (Fsp3) is 1.00. The maximum absolute atomic E-state index is 12.0. The number of nitrogens with one attached hydrogen (secondary N) is 2. The molecule has 2 N–H and O–H groups in total. The number of alkyl halides is 3. The van der Waals surface area contributed by atoms with E-state index >= 15 is 0 Å². The molecule has 1 saturated heterocycles. The van der Waals surface area contributed by atoms with Crippen LogP contribution in [0, 0.1) is 5.92 Å². The second kappa shape index (κ2) is 8.56. The van der Waals surface area contributed by atoms with Crippen molar-refractivity contribution in [3.63, 3.8) is 0 Å². The van der Waals surface area contributed by atoms with E-state index in [0.29, 0.717) is 13.1 Å². The van der Waals surface area contributed by atoms with Crippen LogP contribution in [0.2, 0.25) is 0 Å². The van der Waals surface area contributed by atoms with Crippen LogP contribution in [0.15, 0.2) is 0 Å². The summed E-state index contributed by atoms with van der Waals surface area (Å²) in [6.07, 6.45) is 1.73. The fourth-order valence-electron chi connectivity index (χ4n) is 2.19. The van der Waals surface area contributed by atoms with Gasteiger partial charge in [0.25, 0.3) is 10.2 Å². The number of hydrogen-bond donors (Lipinski definition) is 2. The Hall–Kier alpha value is -0.0300. The molecule has 1 fully saturated rings. The Balaban J connectivity index is 2.38. The highest BCUT2D eigenvalue weighted by atomic mass is 32.2. The SMILES string of the molecule is CCNCC1CCCN(S(=O)(=O)NCCSC(F)(F)F)C1. The zero-order valence-corrected chi connectivity index (χ0v) is 13.6. The van der Waals surface area contributed by atoms with Crippen molar-refractivity contribution in [3.05, 3.63) is 0 Å². The van der Waals surface area contributed by atoms with Gasteiger partial charge in [0.15, 0.2) is 0 Å². The number of nitrogens with zero attached hydrogens (tertiary/aromatic N) is 1. The highest BCUT2D eigenvalue weighted by Gasteiger charge is 2.30. The lowest BCUT2D eigenvalue weighted by atomic mass is 10.00. The van der Waals surface area contributed by atoms with Gasteiger partial charge in [-0.2, -0.15) is 25.9 Å². The van der Waals surface area contributed by atoms with Crippen molar-refractivity contribution in [2.45, 2.75) is 25.3 Å². The third-order valence-electron chi connectivity index (χ3n) is 3.16. The van der Waals surface area contributed by atoms with E-state index in [-0.39, 0.29) is 30.0 Å². The van der Waals surface area contributed by atoms with E-state index in [4.69, 9.17) is 0 Å². The number of piperidine rings is 1. The Morgan fingerprint density at radius 3 is 2.71 bits per heavy atom. The Morgan fingerprint density at radius 1 is 1.38 bits per heavy atom. The molecule has 1 heterocycles. The molecule has 5 nitrogen and oxygen atoms in total. The maximum Gasteiger partial charge on any atom is 0.441 e. The minimum atomic E-state index is -4.33. The van der Waals surface area contributed by atoms with E-state index < -0.39 is 15.7 Å². The molecule has 0 amide bonds. The molecule has 126 valence electrons. The van der Waals surface area contributed by atoms with Crippen molar-refractivity contribution in [2.24, 2.45) is 5.92 Å². The van der Waals surface area contributed by atoms with Crippen LogP contribution >= 0.6 is 11.8 Å². The van der Waals surface area contributed by atoms with Crippen LogP contribution in [0.4, 0.5) is 13.2 Å². The molecule has 0 saturated carbocycles. The average Bonchev–Trinajstić information content (AvgIpc) is 2.41. The monoisotopic (exact) mass is 349 g/mol. The van der Waals surface area contributed by atoms with Crippen molar-refractivity contribution < 1.29 is 21.6 Å². The number of halogens is 3. The lowest BCUT2D eigenvalue weighted by Gasteiger charge is -2.32. The summed E-state index contributed by atoms with van der Waals surface area (Å²) in [6.45, 7) is 4.18. The van der Waals surface area contributed by atoms with Crippen LogP contribution in [0.25, 0.3) is 0 Å². The average molecular weight is 349 g/mol. The number of rotatable bonds is 8. The predicted octanol–water partition coefficient (Wildman–Crippen LogP) is 1.40. The van der Waals surface area contributed by atoms with Crippen molar-refractivity contribution in [2.75, 3.05) is 38.5 Å². The van der Waals surface area contributed by atoms with Crippen LogP contribution in [0.1, 0.15) is 19.8 Å². The quantitative estimate of drug-likeness (QED) is 0.650. The largest absolute Gasteiger partial charge is 0.441 e. The van der Waals surface area contributed by atoms with Crippen LogP contribution in [0.5, 0.6) is 0 Å². The number of hydrogen-bond acceptors (Lipinski definition) is 4. The summed E-state index contributed by atoms with van der Waals surface area (Å²) in [5, 5.41) is 3.19. The van der Waals surface area contributed by atoms with Gasteiger partial charge in [-0.15, -0.1) is 0 Å². The summed E-state index contributed by atoms with van der Waals surface area (Å²) in [5.41, 5.74) is -4.33. The Morgan fingerprint density at radius 2 is 2.10 bits per heavy atom. The fourth-order valence-corrected chi connectivity index (χ4v) is 4.07. The molecule has 1 rings (SSSR count). The summed E-state index contributed by atoms with van der Waals surface area (Å²) < 4.78 is 63.5. The van der Waals surface area contributed by atoms with E-state index in [9.17, 15) is 21.6 Å². The summed E-state index contributed by atoms with van der Waals surface area (Å²) in [4.78, 5) is 0. The van der Waals surface area contributed by atoms with Gasteiger partial charge < -0.3 is 5.32 Å². The van der Waals surface area contributed by atoms with Gasteiger partial charge in [-0.1, -0.05) is 6.92 Å². The van der Waals surface area contributed by atoms with Crippen molar-refractivity contribution in [1.29, 1.82) is 0 Å². The van der Waals surface area contributed by atoms with Gasteiger partial charge in [-0.25, -0.2) is 4.72 Å². The molecule has 1 atom stereocenters. The van der Waals surface area contributed by atoms with Gasteiger partial charge in [0, 0.05) is 25.4 Å². The van der Waals surface area contributed by atoms with Crippen molar-refractivity contribution in [1.82, 2.24) is 14.3 Å². The van der Waals surface area contributed by atoms with Gasteiger partial charge in [-0.3, -0.25) is 0 Å². The van der Waals surface area contributed by atoms with E-state index in [1.54, 1.807) is 0 Å². The van der Waals surface area contributed by atoms with Crippen LogP contribution in [0.3, 0.4) is 0 Å². The second-order valence-corrected chi connectivity index (χ2v) is 7.78.